The summed E-state index contributed by atoms with van der Waals surface area (Å²) in [6, 6.07) is 8.67. The molecule has 144 valence electrons. The summed E-state index contributed by atoms with van der Waals surface area (Å²) in [5, 5.41) is 3.66. The Morgan fingerprint density at radius 1 is 1.26 bits per heavy atom. The fourth-order valence-corrected chi connectivity index (χ4v) is 4.01. The lowest BCUT2D eigenvalue weighted by Gasteiger charge is -2.45. The number of nitrogens with zero attached hydrogens (tertiary/aromatic N) is 3. The Hall–Kier alpha value is -2.34. The van der Waals surface area contributed by atoms with Gasteiger partial charge in [-0.3, -0.25) is 4.98 Å². The Bertz CT molecular complexity index is 806. The molecular formula is C20H24ClFN4O. The van der Waals surface area contributed by atoms with E-state index in [0.29, 0.717) is 23.8 Å². The van der Waals surface area contributed by atoms with Gasteiger partial charge < -0.3 is 15.1 Å². The summed E-state index contributed by atoms with van der Waals surface area (Å²) >= 11 is 6.24. The van der Waals surface area contributed by atoms with Gasteiger partial charge >= 0.3 is 6.03 Å². The van der Waals surface area contributed by atoms with Gasteiger partial charge in [0.1, 0.15) is 0 Å². The number of rotatable bonds is 3. The highest BCUT2D eigenvalue weighted by atomic mass is 35.5. The summed E-state index contributed by atoms with van der Waals surface area (Å²) in [6.07, 6.45) is 2.80. The highest BCUT2D eigenvalue weighted by Crippen LogP contribution is 2.26. The Morgan fingerprint density at radius 3 is 2.56 bits per heavy atom. The van der Waals surface area contributed by atoms with Crippen molar-refractivity contribution in [2.45, 2.75) is 38.9 Å². The van der Waals surface area contributed by atoms with Crippen molar-refractivity contribution >= 4 is 23.3 Å². The van der Waals surface area contributed by atoms with E-state index in [-0.39, 0.29) is 30.0 Å². The third-order valence-electron chi connectivity index (χ3n) is 4.96. The van der Waals surface area contributed by atoms with Crippen LogP contribution in [0, 0.1) is 5.82 Å². The quantitative estimate of drug-likeness (QED) is 0.852. The molecule has 1 aromatic carbocycles. The molecule has 0 bridgehead atoms. The van der Waals surface area contributed by atoms with Gasteiger partial charge in [-0.2, -0.15) is 0 Å². The third-order valence-corrected chi connectivity index (χ3v) is 5.30. The third kappa shape index (κ3) is 4.16. The van der Waals surface area contributed by atoms with Crippen molar-refractivity contribution in [1.29, 1.82) is 0 Å². The Morgan fingerprint density at radius 2 is 1.93 bits per heavy atom. The Balaban J connectivity index is 1.70. The van der Waals surface area contributed by atoms with E-state index >= 15 is 0 Å². The van der Waals surface area contributed by atoms with Crippen molar-refractivity contribution < 1.29 is 9.18 Å². The molecule has 1 fully saturated rings. The van der Waals surface area contributed by atoms with E-state index in [1.165, 1.54) is 6.20 Å². The van der Waals surface area contributed by atoms with Crippen molar-refractivity contribution in [1.82, 2.24) is 15.2 Å². The number of benzene rings is 1. The van der Waals surface area contributed by atoms with Crippen molar-refractivity contribution in [3.63, 3.8) is 0 Å². The average molecular weight is 391 g/mol. The number of hydrogen-bond donors (Lipinski definition) is 1. The van der Waals surface area contributed by atoms with Crippen LogP contribution in [0.15, 0.2) is 42.7 Å². The lowest BCUT2D eigenvalue weighted by molar-refractivity contribution is 0.139. The van der Waals surface area contributed by atoms with Crippen molar-refractivity contribution in [3.05, 3.63) is 59.1 Å². The molecule has 27 heavy (non-hydrogen) atoms. The topological polar surface area (TPSA) is 48.5 Å². The predicted octanol–water partition coefficient (Wildman–Crippen LogP) is 4.24. The molecule has 1 aliphatic rings. The van der Waals surface area contributed by atoms with Gasteiger partial charge in [-0.1, -0.05) is 29.8 Å². The predicted molar refractivity (Wildman–Crippen MR) is 106 cm³/mol. The van der Waals surface area contributed by atoms with Gasteiger partial charge in [0.05, 0.1) is 17.9 Å². The van der Waals surface area contributed by atoms with E-state index in [4.69, 9.17) is 11.6 Å². The number of nitrogens with one attached hydrogen (secondary N) is 1. The van der Waals surface area contributed by atoms with Crippen LogP contribution in [-0.2, 0) is 0 Å². The van der Waals surface area contributed by atoms with Gasteiger partial charge in [-0.15, -0.1) is 0 Å². The molecule has 1 N–H and O–H groups in total. The molecule has 7 heteroatoms. The highest BCUT2D eigenvalue weighted by Gasteiger charge is 2.34. The summed E-state index contributed by atoms with van der Waals surface area (Å²) in [4.78, 5) is 20.5. The lowest BCUT2D eigenvalue weighted by atomic mass is 10.1. The van der Waals surface area contributed by atoms with Gasteiger partial charge in [-0.25, -0.2) is 9.18 Å². The average Bonchev–Trinajstić information content (AvgIpc) is 2.61. The number of urea groups is 1. The van der Waals surface area contributed by atoms with E-state index in [2.05, 4.69) is 10.3 Å². The van der Waals surface area contributed by atoms with Gasteiger partial charge in [0.2, 0.25) is 0 Å². The normalized spacial score (nSPS) is 21.1. The second-order valence-electron chi connectivity index (χ2n) is 7.03. The zero-order chi connectivity index (χ0) is 19.6. The molecule has 1 saturated heterocycles. The summed E-state index contributed by atoms with van der Waals surface area (Å²) < 4.78 is 14.1. The van der Waals surface area contributed by atoms with Crippen LogP contribution >= 0.6 is 11.6 Å². The standard InChI is InChI=1S/C20H24ClFN4O/c1-13-11-25(19-8-9-23-10-18(19)22)12-14(2)26(13)20(27)24-15(3)16-6-4-5-7-17(16)21/h4-10,13-15H,11-12H2,1-3H3,(H,24,27)/t13-,14-,15+/m1/s1. The van der Waals surface area contributed by atoms with Crippen molar-refractivity contribution in [2.24, 2.45) is 0 Å². The van der Waals surface area contributed by atoms with Crippen LogP contribution in [0.4, 0.5) is 14.9 Å². The number of pyridine rings is 1. The van der Waals surface area contributed by atoms with E-state index < -0.39 is 0 Å². The first-order valence-corrected chi connectivity index (χ1v) is 9.44. The maximum atomic E-state index is 14.1. The number of hydrogen-bond acceptors (Lipinski definition) is 3. The molecule has 2 amide bonds. The van der Waals surface area contributed by atoms with Crippen LogP contribution in [0.1, 0.15) is 32.4 Å². The van der Waals surface area contributed by atoms with Crippen LogP contribution in [0.5, 0.6) is 0 Å². The minimum Gasteiger partial charge on any atom is -0.365 e. The van der Waals surface area contributed by atoms with Crippen LogP contribution in [0.25, 0.3) is 0 Å². The highest BCUT2D eigenvalue weighted by molar-refractivity contribution is 6.31. The van der Waals surface area contributed by atoms with Crippen molar-refractivity contribution in [2.75, 3.05) is 18.0 Å². The van der Waals surface area contributed by atoms with Crippen LogP contribution in [0.3, 0.4) is 0 Å². The van der Waals surface area contributed by atoms with E-state index in [1.807, 2.05) is 54.8 Å². The number of halogens is 2. The monoisotopic (exact) mass is 390 g/mol. The smallest absolute Gasteiger partial charge is 0.318 e. The van der Waals surface area contributed by atoms with Crippen LogP contribution in [-0.4, -0.2) is 41.1 Å². The first kappa shape index (κ1) is 19.4. The number of aromatic nitrogens is 1. The van der Waals surface area contributed by atoms with E-state index in [1.54, 1.807) is 12.3 Å². The molecule has 0 radical (unpaired) electrons. The Labute approximate surface area is 164 Å². The summed E-state index contributed by atoms with van der Waals surface area (Å²) in [6.45, 7) is 6.97. The molecule has 0 aliphatic carbocycles. The molecule has 0 saturated carbocycles. The summed E-state index contributed by atoms with van der Waals surface area (Å²) in [7, 11) is 0. The zero-order valence-electron chi connectivity index (χ0n) is 15.7. The van der Waals surface area contributed by atoms with Gasteiger partial charge in [0.15, 0.2) is 5.82 Å². The molecule has 0 unspecified atom stereocenters. The van der Waals surface area contributed by atoms with Gasteiger partial charge in [0.25, 0.3) is 0 Å². The number of piperazine rings is 1. The molecule has 3 rings (SSSR count). The summed E-state index contributed by atoms with van der Waals surface area (Å²) in [5.41, 5.74) is 1.40. The first-order chi connectivity index (χ1) is 12.9. The van der Waals surface area contributed by atoms with Gasteiger partial charge in [-0.05, 0) is 38.5 Å². The SMILES string of the molecule is C[C@H](NC(=O)N1[C@H](C)CN(c2ccncc2F)C[C@H]1C)c1ccccc1Cl. The number of amides is 2. The second-order valence-corrected chi connectivity index (χ2v) is 7.44. The minimum absolute atomic E-state index is 0.0697. The molecule has 3 atom stereocenters. The molecule has 2 heterocycles. The maximum Gasteiger partial charge on any atom is 0.318 e. The maximum absolute atomic E-state index is 14.1. The number of carbonyl (C=O) groups is 1. The van der Waals surface area contributed by atoms with Crippen molar-refractivity contribution in [3.8, 4) is 0 Å². The molecule has 0 spiro atoms. The zero-order valence-corrected chi connectivity index (χ0v) is 16.4. The molecule has 2 aromatic rings. The molecule has 5 nitrogen and oxygen atoms in total. The summed E-state index contributed by atoms with van der Waals surface area (Å²) in [5.74, 6) is -0.345. The fraction of sp³-hybridized carbons (Fsp3) is 0.400. The molecule has 1 aliphatic heterocycles. The molecule has 1 aromatic heterocycles. The van der Waals surface area contributed by atoms with Gasteiger partial charge in [0, 0.05) is 36.4 Å². The Kier molecular flexibility index (Phi) is 5.85. The number of carbonyl (C=O) groups excluding carboxylic acids is 1. The lowest BCUT2D eigenvalue weighted by Crippen LogP contribution is -2.61. The largest absolute Gasteiger partial charge is 0.365 e. The minimum atomic E-state index is -0.345. The molecular weight excluding hydrogens is 367 g/mol. The van der Waals surface area contributed by atoms with Crippen LogP contribution in [0.2, 0.25) is 5.02 Å². The van der Waals surface area contributed by atoms with Crippen LogP contribution < -0.4 is 10.2 Å². The van der Waals surface area contributed by atoms with E-state index in [0.717, 1.165) is 5.56 Å². The second kappa shape index (κ2) is 8.13. The first-order valence-electron chi connectivity index (χ1n) is 9.06. The van der Waals surface area contributed by atoms with E-state index in [9.17, 15) is 9.18 Å². The number of anilines is 1. The fourth-order valence-electron chi connectivity index (χ4n) is 3.71.